The highest BCUT2D eigenvalue weighted by atomic mass is 16.3. The number of nitrogens with zero attached hydrogens (tertiary/aromatic N) is 2. The molecule has 1 aliphatic rings. The zero-order valence-corrected chi connectivity index (χ0v) is 18.6. The Morgan fingerprint density at radius 2 is 2.00 bits per heavy atom. The molecule has 1 aromatic heterocycles. The highest BCUT2D eigenvalue weighted by Gasteiger charge is 2.28. The van der Waals surface area contributed by atoms with Crippen molar-refractivity contribution < 1.29 is 15.0 Å². The third kappa shape index (κ3) is 5.49. The van der Waals surface area contributed by atoms with Gasteiger partial charge in [0.1, 0.15) is 5.75 Å². The minimum Gasteiger partial charge on any atom is -0.508 e. The molecule has 1 aromatic carbocycles. The van der Waals surface area contributed by atoms with E-state index in [1.807, 2.05) is 10.6 Å². The molecule has 0 radical (unpaired) electrons. The first-order valence-corrected chi connectivity index (χ1v) is 11.4. The number of rotatable bonds is 9. The minimum absolute atomic E-state index is 0.185. The van der Waals surface area contributed by atoms with Crippen molar-refractivity contribution in [3.63, 3.8) is 0 Å². The highest BCUT2D eigenvalue weighted by molar-refractivity contribution is 5.76. The predicted octanol–water partition coefficient (Wildman–Crippen LogP) is 3.92. The molecule has 2 N–H and O–H groups in total. The van der Waals surface area contributed by atoms with E-state index in [-0.39, 0.29) is 23.1 Å². The van der Waals surface area contributed by atoms with E-state index in [0.717, 1.165) is 69.2 Å². The van der Waals surface area contributed by atoms with Crippen LogP contribution in [-0.4, -0.2) is 38.2 Å². The number of hydrogen-bond donors (Lipinski definition) is 2. The highest BCUT2D eigenvalue weighted by Crippen LogP contribution is 2.31. The number of pyridine rings is 1. The summed E-state index contributed by atoms with van der Waals surface area (Å²) in [5, 5.41) is 19.9. The number of unbranched alkanes of at least 4 members (excludes halogenated alkanes) is 2. The first kappa shape index (κ1) is 22.9. The molecule has 168 valence electrons. The molecule has 1 heterocycles. The normalized spacial score (nSPS) is 15.5. The molecule has 0 aliphatic heterocycles. The van der Waals surface area contributed by atoms with E-state index in [1.165, 1.54) is 6.07 Å². The van der Waals surface area contributed by atoms with E-state index >= 15 is 0 Å². The SMILES string of the molecule is CCCN(C(=O)CCCCCn1ccc(=O)c(O)c1C)C1CCc2c(O)cccc2C1. The number of fused-ring (bicyclic) bond motifs is 1. The van der Waals surface area contributed by atoms with Crippen LogP contribution in [0.4, 0.5) is 0 Å². The van der Waals surface area contributed by atoms with Gasteiger partial charge in [0.25, 0.3) is 0 Å². The van der Waals surface area contributed by atoms with Crippen LogP contribution in [0.2, 0.25) is 0 Å². The fourth-order valence-electron chi connectivity index (χ4n) is 4.57. The van der Waals surface area contributed by atoms with Crippen molar-refractivity contribution >= 4 is 5.91 Å². The Bertz CT molecular complexity index is 966. The standard InChI is InChI=1S/C25H34N2O4/c1-3-14-27(20-11-12-21-19(17-20)8-7-9-22(21)28)24(30)10-5-4-6-15-26-16-13-23(29)25(31)18(26)2/h7-9,13,16,20,28,31H,3-6,10-12,14-15,17H2,1-2H3. The smallest absolute Gasteiger partial charge is 0.223 e. The second kappa shape index (κ2) is 10.5. The fraction of sp³-hybridized carbons (Fsp3) is 0.520. The van der Waals surface area contributed by atoms with Crippen LogP contribution in [-0.2, 0) is 24.2 Å². The molecule has 1 aliphatic carbocycles. The quantitative estimate of drug-likeness (QED) is 0.595. The summed E-state index contributed by atoms with van der Waals surface area (Å²) in [5.41, 5.74) is 2.42. The number of amides is 1. The van der Waals surface area contributed by atoms with Crippen molar-refractivity contribution in [1.29, 1.82) is 0 Å². The third-order valence-corrected chi connectivity index (χ3v) is 6.36. The van der Waals surface area contributed by atoms with Gasteiger partial charge in [-0.1, -0.05) is 25.5 Å². The van der Waals surface area contributed by atoms with E-state index in [2.05, 4.69) is 17.9 Å². The molecule has 0 bridgehead atoms. The van der Waals surface area contributed by atoms with Gasteiger partial charge in [0, 0.05) is 37.8 Å². The van der Waals surface area contributed by atoms with Gasteiger partial charge in [0.05, 0.1) is 5.69 Å². The summed E-state index contributed by atoms with van der Waals surface area (Å²) in [6, 6.07) is 7.27. The third-order valence-electron chi connectivity index (χ3n) is 6.36. The van der Waals surface area contributed by atoms with Crippen molar-refractivity contribution in [1.82, 2.24) is 9.47 Å². The molecular formula is C25H34N2O4. The lowest BCUT2D eigenvalue weighted by atomic mass is 9.86. The summed E-state index contributed by atoms with van der Waals surface area (Å²) in [7, 11) is 0. The summed E-state index contributed by atoms with van der Waals surface area (Å²) in [6.07, 6.45) is 8.34. The van der Waals surface area contributed by atoms with E-state index in [9.17, 15) is 19.8 Å². The van der Waals surface area contributed by atoms with Crippen LogP contribution < -0.4 is 5.43 Å². The van der Waals surface area contributed by atoms with Gasteiger partial charge in [0.15, 0.2) is 5.75 Å². The lowest BCUT2D eigenvalue weighted by Crippen LogP contribution is -2.43. The van der Waals surface area contributed by atoms with Gasteiger partial charge in [0.2, 0.25) is 11.3 Å². The molecule has 0 spiro atoms. The van der Waals surface area contributed by atoms with Crippen LogP contribution in [0.1, 0.15) is 62.3 Å². The Morgan fingerprint density at radius 3 is 2.77 bits per heavy atom. The maximum Gasteiger partial charge on any atom is 0.223 e. The average molecular weight is 427 g/mol. The molecule has 3 rings (SSSR count). The van der Waals surface area contributed by atoms with Crippen molar-refractivity contribution in [3.05, 3.63) is 57.5 Å². The summed E-state index contributed by atoms with van der Waals surface area (Å²) in [4.78, 5) is 26.5. The number of phenols is 1. The second-order valence-corrected chi connectivity index (χ2v) is 8.52. The average Bonchev–Trinajstić information content (AvgIpc) is 2.77. The van der Waals surface area contributed by atoms with Crippen LogP contribution in [0, 0.1) is 6.92 Å². The van der Waals surface area contributed by atoms with E-state index in [0.29, 0.717) is 17.9 Å². The van der Waals surface area contributed by atoms with Crippen LogP contribution in [0.3, 0.4) is 0 Å². The molecule has 31 heavy (non-hydrogen) atoms. The molecule has 2 aromatic rings. The largest absolute Gasteiger partial charge is 0.508 e. The molecular weight excluding hydrogens is 392 g/mol. The number of carbonyl (C=O) groups is 1. The van der Waals surface area contributed by atoms with Gasteiger partial charge >= 0.3 is 0 Å². The minimum atomic E-state index is -0.351. The number of benzene rings is 1. The number of phenolic OH excluding ortho intramolecular Hbond substituents is 1. The molecule has 0 fully saturated rings. The molecule has 1 atom stereocenters. The predicted molar refractivity (Wildman–Crippen MR) is 121 cm³/mol. The van der Waals surface area contributed by atoms with Crippen molar-refractivity contribution in [2.75, 3.05) is 6.54 Å². The lowest BCUT2D eigenvalue weighted by Gasteiger charge is -2.35. The van der Waals surface area contributed by atoms with Gasteiger partial charge in [-0.2, -0.15) is 0 Å². The Kier molecular flexibility index (Phi) is 7.77. The Balaban J connectivity index is 1.50. The number of aryl methyl sites for hydroxylation is 1. The van der Waals surface area contributed by atoms with Gasteiger partial charge in [-0.25, -0.2) is 0 Å². The van der Waals surface area contributed by atoms with Crippen molar-refractivity contribution in [3.8, 4) is 11.5 Å². The van der Waals surface area contributed by atoms with Gasteiger partial charge in [-0.15, -0.1) is 0 Å². The van der Waals surface area contributed by atoms with Crippen LogP contribution in [0.5, 0.6) is 11.5 Å². The van der Waals surface area contributed by atoms with E-state index < -0.39 is 0 Å². The summed E-state index contributed by atoms with van der Waals surface area (Å²) in [6.45, 7) is 5.33. The van der Waals surface area contributed by atoms with Crippen molar-refractivity contribution in [2.45, 2.75) is 77.8 Å². The van der Waals surface area contributed by atoms with Crippen LogP contribution in [0.25, 0.3) is 0 Å². The number of aromatic nitrogens is 1. The molecule has 1 amide bonds. The maximum atomic E-state index is 13.0. The molecule has 6 heteroatoms. The Hall–Kier alpha value is -2.76. The Morgan fingerprint density at radius 1 is 1.19 bits per heavy atom. The summed E-state index contributed by atoms with van der Waals surface area (Å²) in [5.74, 6) is 0.401. The fourth-order valence-corrected chi connectivity index (χ4v) is 4.57. The van der Waals surface area contributed by atoms with E-state index in [1.54, 1.807) is 19.2 Å². The van der Waals surface area contributed by atoms with Crippen LogP contribution >= 0.6 is 0 Å². The van der Waals surface area contributed by atoms with Crippen molar-refractivity contribution in [2.24, 2.45) is 0 Å². The van der Waals surface area contributed by atoms with Gasteiger partial charge < -0.3 is 19.7 Å². The molecule has 6 nitrogen and oxygen atoms in total. The van der Waals surface area contributed by atoms with Crippen LogP contribution in [0.15, 0.2) is 35.3 Å². The zero-order valence-electron chi connectivity index (χ0n) is 18.6. The number of aromatic hydroxyl groups is 2. The van der Waals surface area contributed by atoms with E-state index in [4.69, 9.17) is 0 Å². The number of hydrogen-bond acceptors (Lipinski definition) is 4. The molecule has 0 saturated carbocycles. The molecule has 1 unspecified atom stereocenters. The first-order chi connectivity index (χ1) is 14.9. The van der Waals surface area contributed by atoms with Gasteiger partial charge in [-0.05, 0) is 62.6 Å². The van der Waals surface area contributed by atoms with Gasteiger partial charge in [-0.3, -0.25) is 9.59 Å². The monoisotopic (exact) mass is 426 g/mol. The lowest BCUT2D eigenvalue weighted by molar-refractivity contribution is -0.134. The Labute approximate surface area is 184 Å². The first-order valence-electron chi connectivity index (χ1n) is 11.4. The maximum absolute atomic E-state index is 13.0. The molecule has 0 saturated heterocycles. The summed E-state index contributed by atoms with van der Waals surface area (Å²) < 4.78 is 1.89. The summed E-state index contributed by atoms with van der Waals surface area (Å²) >= 11 is 0. The second-order valence-electron chi connectivity index (χ2n) is 8.52. The number of carbonyl (C=O) groups excluding carboxylic acids is 1. The zero-order chi connectivity index (χ0) is 22.4. The topological polar surface area (TPSA) is 82.8 Å².